The highest BCUT2D eigenvalue weighted by Crippen LogP contribution is 2.22. The quantitative estimate of drug-likeness (QED) is 0.665. The minimum Gasteiger partial charge on any atom is -0.316 e. The van der Waals surface area contributed by atoms with E-state index in [9.17, 15) is 4.39 Å². The average Bonchev–Trinajstić information content (AvgIpc) is 2.32. The molecule has 1 rings (SSSR count). The third-order valence-corrected chi connectivity index (χ3v) is 2.31. The van der Waals surface area contributed by atoms with Crippen LogP contribution in [0.3, 0.4) is 0 Å². The Kier molecular flexibility index (Phi) is 2.88. The van der Waals surface area contributed by atoms with Crippen LogP contribution in [0.1, 0.15) is 33.1 Å². The Morgan fingerprint density at radius 2 is 2.27 bits per heavy atom. The van der Waals surface area contributed by atoms with Gasteiger partial charge < -0.3 is 5.32 Å². The van der Waals surface area contributed by atoms with Crippen LogP contribution in [0.25, 0.3) is 0 Å². The standard InChI is InChI=1S/C9H18FN/c1-9(2,10)5-3-8-4-6-11-7-8/h8,11H,3-7H2,1-2H3. The lowest BCUT2D eigenvalue weighted by atomic mass is 9.96. The zero-order valence-corrected chi connectivity index (χ0v) is 7.49. The van der Waals surface area contributed by atoms with Crippen molar-refractivity contribution in [1.29, 1.82) is 0 Å². The molecule has 1 unspecified atom stereocenters. The molecule has 0 saturated carbocycles. The van der Waals surface area contributed by atoms with Crippen molar-refractivity contribution in [3.63, 3.8) is 0 Å². The normalized spacial score (nSPS) is 25.9. The Labute approximate surface area is 68.4 Å². The first kappa shape index (κ1) is 8.98. The number of halogens is 1. The summed E-state index contributed by atoms with van der Waals surface area (Å²) in [5, 5.41) is 3.29. The second-order valence-corrected chi connectivity index (χ2v) is 4.12. The molecule has 1 aliphatic heterocycles. The van der Waals surface area contributed by atoms with Crippen LogP contribution in [0.4, 0.5) is 4.39 Å². The summed E-state index contributed by atoms with van der Waals surface area (Å²) in [5.74, 6) is 0.727. The largest absolute Gasteiger partial charge is 0.316 e. The number of hydrogen-bond donors (Lipinski definition) is 1. The molecule has 0 spiro atoms. The van der Waals surface area contributed by atoms with Gasteiger partial charge in [-0.3, -0.25) is 0 Å². The Bertz CT molecular complexity index is 111. The van der Waals surface area contributed by atoms with Crippen molar-refractivity contribution >= 4 is 0 Å². The van der Waals surface area contributed by atoms with Gasteiger partial charge in [0.2, 0.25) is 0 Å². The molecule has 1 nitrogen and oxygen atoms in total. The van der Waals surface area contributed by atoms with Crippen LogP contribution in [-0.4, -0.2) is 18.8 Å². The zero-order chi connectivity index (χ0) is 8.32. The van der Waals surface area contributed by atoms with Crippen molar-refractivity contribution < 1.29 is 4.39 Å². The first-order valence-electron chi connectivity index (χ1n) is 4.47. The van der Waals surface area contributed by atoms with E-state index in [1.54, 1.807) is 13.8 Å². The number of alkyl halides is 1. The summed E-state index contributed by atoms with van der Waals surface area (Å²) in [6.45, 7) is 5.54. The van der Waals surface area contributed by atoms with Crippen LogP contribution in [0.15, 0.2) is 0 Å². The third kappa shape index (κ3) is 3.71. The van der Waals surface area contributed by atoms with Gasteiger partial charge in [0, 0.05) is 0 Å². The molecule has 0 aromatic carbocycles. The summed E-state index contributed by atoms with van der Waals surface area (Å²) in [7, 11) is 0. The maximum Gasteiger partial charge on any atom is 0.105 e. The maximum atomic E-state index is 13.0. The van der Waals surface area contributed by atoms with Crippen molar-refractivity contribution in [2.75, 3.05) is 13.1 Å². The molecular weight excluding hydrogens is 141 g/mol. The van der Waals surface area contributed by atoms with Crippen LogP contribution in [-0.2, 0) is 0 Å². The van der Waals surface area contributed by atoms with E-state index in [-0.39, 0.29) is 0 Å². The zero-order valence-electron chi connectivity index (χ0n) is 7.49. The Morgan fingerprint density at radius 3 is 2.73 bits per heavy atom. The highest BCUT2D eigenvalue weighted by Gasteiger charge is 2.20. The molecule has 2 heteroatoms. The molecule has 1 heterocycles. The lowest BCUT2D eigenvalue weighted by molar-refractivity contribution is 0.187. The fraction of sp³-hybridized carbons (Fsp3) is 1.00. The Morgan fingerprint density at radius 1 is 1.55 bits per heavy atom. The van der Waals surface area contributed by atoms with E-state index in [2.05, 4.69) is 5.32 Å². The molecule has 0 radical (unpaired) electrons. The predicted octanol–water partition coefficient (Wildman–Crippen LogP) is 2.12. The van der Waals surface area contributed by atoms with Gasteiger partial charge in [-0.2, -0.15) is 0 Å². The molecule has 1 aliphatic rings. The van der Waals surface area contributed by atoms with E-state index in [4.69, 9.17) is 0 Å². The number of hydrogen-bond acceptors (Lipinski definition) is 1. The van der Waals surface area contributed by atoms with E-state index in [0.717, 1.165) is 25.4 Å². The van der Waals surface area contributed by atoms with Gasteiger partial charge in [0.1, 0.15) is 5.67 Å². The lowest BCUT2D eigenvalue weighted by Crippen LogP contribution is -2.15. The highest BCUT2D eigenvalue weighted by atomic mass is 19.1. The molecule has 0 aliphatic carbocycles. The highest BCUT2D eigenvalue weighted by molar-refractivity contribution is 4.75. The molecule has 0 aromatic heterocycles. The Balaban J connectivity index is 2.11. The van der Waals surface area contributed by atoms with Crippen molar-refractivity contribution in [2.24, 2.45) is 5.92 Å². The van der Waals surface area contributed by atoms with E-state index in [1.165, 1.54) is 6.42 Å². The van der Waals surface area contributed by atoms with Gasteiger partial charge in [0.15, 0.2) is 0 Å². The molecule has 1 fully saturated rings. The molecule has 0 aromatic rings. The van der Waals surface area contributed by atoms with Crippen LogP contribution in [0, 0.1) is 5.92 Å². The second kappa shape index (κ2) is 3.53. The molecule has 0 amide bonds. The van der Waals surface area contributed by atoms with Crippen molar-refractivity contribution in [3.05, 3.63) is 0 Å². The average molecular weight is 159 g/mol. The predicted molar refractivity (Wildman–Crippen MR) is 45.4 cm³/mol. The minimum atomic E-state index is -0.970. The first-order valence-corrected chi connectivity index (χ1v) is 4.47. The molecule has 1 N–H and O–H groups in total. The lowest BCUT2D eigenvalue weighted by Gasteiger charge is -2.16. The van der Waals surface area contributed by atoms with E-state index < -0.39 is 5.67 Å². The van der Waals surface area contributed by atoms with Gasteiger partial charge in [0.25, 0.3) is 0 Å². The first-order chi connectivity index (χ1) is 5.08. The summed E-state index contributed by atoms with van der Waals surface area (Å²) in [6, 6.07) is 0. The second-order valence-electron chi connectivity index (χ2n) is 4.12. The van der Waals surface area contributed by atoms with E-state index in [0.29, 0.717) is 6.42 Å². The summed E-state index contributed by atoms with van der Waals surface area (Å²) < 4.78 is 13.0. The molecule has 1 saturated heterocycles. The van der Waals surface area contributed by atoms with Gasteiger partial charge >= 0.3 is 0 Å². The van der Waals surface area contributed by atoms with Crippen molar-refractivity contribution in [3.8, 4) is 0 Å². The smallest absolute Gasteiger partial charge is 0.105 e. The molecule has 11 heavy (non-hydrogen) atoms. The van der Waals surface area contributed by atoms with Gasteiger partial charge in [0.05, 0.1) is 0 Å². The van der Waals surface area contributed by atoms with Crippen LogP contribution >= 0.6 is 0 Å². The molecular formula is C9H18FN. The van der Waals surface area contributed by atoms with Crippen LogP contribution in [0.2, 0.25) is 0 Å². The summed E-state index contributed by atoms with van der Waals surface area (Å²) in [5.41, 5.74) is -0.970. The number of rotatable bonds is 3. The summed E-state index contributed by atoms with van der Waals surface area (Å²) in [4.78, 5) is 0. The van der Waals surface area contributed by atoms with Crippen LogP contribution in [0.5, 0.6) is 0 Å². The summed E-state index contributed by atoms with van der Waals surface area (Å²) >= 11 is 0. The maximum absolute atomic E-state index is 13.0. The third-order valence-electron chi connectivity index (χ3n) is 2.31. The SMILES string of the molecule is CC(C)(F)CCC1CCNC1. The molecule has 66 valence electrons. The van der Waals surface area contributed by atoms with Crippen molar-refractivity contribution in [1.82, 2.24) is 5.32 Å². The van der Waals surface area contributed by atoms with Gasteiger partial charge in [-0.05, 0) is 52.1 Å². The number of nitrogens with one attached hydrogen (secondary N) is 1. The van der Waals surface area contributed by atoms with E-state index >= 15 is 0 Å². The molecule has 1 atom stereocenters. The fourth-order valence-corrected chi connectivity index (χ4v) is 1.51. The van der Waals surface area contributed by atoms with Gasteiger partial charge in [-0.25, -0.2) is 4.39 Å². The van der Waals surface area contributed by atoms with E-state index in [1.807, 2.05) is 0 Å². The van der Waals surface area contributed by atoms with Gasteiger partial charge in [-0.1, -0.05) is 0 Å². The van der Waals surface area contributed by atoms with Crippen molar-refractivity contribution in [2.45, 2.75) is 38.8 Å². The summed E-state index contributed by atoms with van der Waals surface area (Å²) in [6.07, 6.45) is 2.98. The van der Waals surface area contributed by atoms with Gasteiger partial charge in [-0.15, -0.1) is 0 Å². The Hall–Kier alpha value is -0.110. The topological polar surface area (TPSA) is 12.0 Å². The molecule has 0 bridgehead atoms. The van der Waals surface area contributed by atoms with Crippen LogP contribution < -0.4 is 5.32 Å². The monoisotopic (exact) mass is 159 g/mol. The fourth-order valence-electron chi connectivity index (χ4n) is 1.51. The minimum absolute atomic E-state index is 0.708.